The maximum absolute atomic E-state index is 10.6. The molecule has 0 aromatic rings. The van der Waals surface area contributed by atoms with E-state index in [2.05, 4.69) is 5.73 Å². The van der Waals surface area contributed by atoms with Crippen LogP contribution in [0.25, 0.3) is 0 Å². The highest BCUT2D eigenvalue weighted by Gasteiger charge is 2.17. The second kappa shape index (κ2) is 23.2. The molecule has 154 valence electrons. The highest BCUT2D eigenvalue weighted by atomic mass is 16.3. The molecule has 0 spiro atoms. The lowest BCUT2D eigenvalue weighted by Crippen LogP contribution is -2.38. The van der Waals surface area contributed by atoms with E-state index in [0.717, 1.165) is 25.8 Å². The first kappa shape index (κ1) is 29.0. The number of unbranched alkanes of at least 4 members (excludes halogenated alkanes) is 2. The van der Waals surface area contributed by atoms with Crippen molar-refractivity contribution in [1.82, 2.24) is 4.90 Å². The predicted octanol–water partition coefficient (Wildman–Crippen LogP) is -0.863. The molecule has 1 amide bonds. The first-order valence-electron chi connectivity index (χ1n) is 9.09. The Morgan fingerprint density at radius 3 is 1.56 bits per heavy atom. The third-order valence-electron chi connectivity index (χ3n) is 3.46. The van der Waals surface area contributed by atoms with Crippen LogP contribution in [0.15, 0.2) is 0 Å². The minimum absolute atomic E-state index is 0.0996. The highest BCUT2D eigenvalue weighted by molar-refractivity contribution is 5.73. The number of carbonyl (C=O) groups excluding carboxylic acids is 1. The third-order valence-corrected chi connectivity index (χ3v) is 3.46. The van der Waals surface area contributed by atoms with Crippen molar-refractivity contribution in [3.63, 3.8) is 0 Å². The van der Waals surface area contributed by atoms with E-state index in [1.807, 2.05) is 18.7 Å². The van der Waals surface area contributed by atoms with E-state index >= 15 is 0 Å². The molecule has 8 heteroatoms. The molecular formula is C17H41N3O5. The Bertz CT molecular complexity index is 249. The van der Waals surface area contributed by atoms with Gasteiger partial charge in [-0.1, -0.05) is 20.3 Å². The van der Waals surface area contributed by atoms with Crippen LogP contribution in [0.5, 0.6) is 0 Å². The van der Waals surface area contributed by atoms with Gasteiger partial charge in [0.2, 0.25) is 5.91 Å². The third kappa shape index (κ3) is 19.4. The van der Waals surface area contributed by atoms with Crippen LogP contribution in [0.1, 0.15) is 39.5 Å². The van der Waals surface area contributed by atoms with Crippen LogP contribution in [0, 0.1) is 11.8 Å². The summed E-state index contributed by atoms with van der Waals surface area (Å²) in [5.41, 5.74) is 9.58. The molecule has 0 bridgehead atoms. The Kier molecular flexibility index (Phi) is 27.0. The fraction of sp³-hybridized carbons (Fsp3) is 0.941. The number of hydrogen-bond acceptors (Lipinski definition) is 7. The summed E-state index contributed by atoms with van der Waals surface area (Å²) < 4.78 is 0. The van der Waals surface area contributed by atoms with Crippen LogP contribution in [0.4, 0.5) is 0 Å². The van der Waals surface area contributed by atoms with Gasteiger partial charge >= 0.3 is 0 Å². The largest absolute Gasteiger partial charge is 0.396 e. The predicted molar refractivity (Wildman–Crippen MR) is 101 cm³/mol. The molecule has 0 saturated carbocycles. The monoisotopic (exact) mass is 367 g/mol. The number of aliphatic hydroxyl groups excluding tert-OH is 4. The van der Waals surface area contributed by atoms with Crippen molar-refractivity contribution in [3.05, 3.63) is 0 Å². The van der Waals surface area contributed by atoms with Crippen molar-refractivity contribution in [2.75, 3.05) is 53.1 Å². The lowest BCUT2D eigenvalue weighted by atomic mass is 10.1. The molecule has 0 fully saturated rings. The van der Waals surface area contributed by atoms with Gasteiger partial charge in [-0.05, 0) is 26.4 Å². The quantitative estimate of drug-likeness (QED) is 0.218. The minimum Gasteiger partial charge on any atom is -0.396 e. The van der Waals surface area contributed by atoms with Gasteiger partial charge in [0.15, 0.2) is 0 Å². The zero-order valence-electron chi connectivity index (χ0n) is 16.2. The van der Waals surface area contributed by atoms with Gasteiger partial charge in [-0.2, -0.15) is 0 Å². The summed E-state index contributed by atoms with van der Waals surface area (Å²) in [5, 5.41) is 36.6. The Morgan fingerprint density at radius 2 is 1.24 bits per heavy atom. The van der Waals surface area contributed by atoms with Crippen molar-refractivity contribution in [1.29, 1.82) is 0 Å². The maximum atomic E-state index is 10.6. The van der Waals surface area contributed by atoms with E-state index in [0.29, 0.717) is 19.5 Å². The van der Waals surface area contributed by atoms with Gasteiger partial charge in [-0.25, -0.2) is 0 Å². The van der Waals surface area contributed by atoms with Crippen LogP contribution in [-0.2, 0) is 4.79 Å². The fourth-order valence-corrected chi connectivity index (χ4v) is 2.15. The van der Waals surface area contributed by atoms with Crippen molar-refractivity contribution in [3.8, 4) is 0 Å². The molecule has 0 unspecified atom stereocenters. The standard InChI is InChI=1S/C14H30N2O5.C2H6.CH5N/c15-14(21)4-2-1-3-5-16(6-12(8-17)9-18)7-13(10-19)11-20;2*1-2/h12-13,17-20H,1-11H2,(H2,15,21);1-2H3;2H2,1H3. The molecule has 0 radical (unpaired) electrons. The molecule has 8 nitrogen and oxygen atoms in total. The van der Waals surface area contributed by atoms with Crippen LogP contribution >= 0.6 is 0 Å². The lowest BCUT2D eigenvalue weighted by molar-refractivity contribution is -0.118. The van der Waals surface area contributed by atoms with Gasteiger partial charge < -0.3 is 36.8 Å². The van der Waals surface area contributed by atoms with Crippen molar-refractivity contribution >= 4 is 5.91 Å². The summed E-state index contributed by atoms with van der Waals surface area (Å²) in [5.74, 6) is -0.754. The van der Waals surface area contributed by atoms with Gasteiger partial charge in [0.05, 0.1) is 0 Å². The number of nitrogens with two attached hydrogens (primary N) is 2. The number of hydrogen-bond donors (Lipinski definition) is 6. The fourth-order valence-electron chi connectivity index (χ4n) is 2.15. The van der Waals surface area contributed by atoms with Crippen molar-refractivity contribution in [2.24, 2.45) is 23.3 Å². The van der Waals surface area contributed by atoms with Crippen LogP contribution in [0.3, 0.4) is 0 Å². The number of nitrogens with zero attached hydrogens (tertiary/aromatic N) is 1. The van der Waals surface area contributed by atoms with E-state index in [9.17, 15) is 4.79 Å². The number of rotatable bonds is 14. The lowest BCUT2D eigenvalue weighted by Gasteiger charge is -2.28. The molecule has 0 aliphatic rings. The Labute approximate surface area is 152 Å². The Morgan fingerprint density at radius 1 is 0.840 bits per heavy atom. The topological polar surface area (TPSA) is 153 Å². The van der Waals surface area contributed by atoms with Gasteiger partial charge in [0.1, 0.15) is 0 Å². The first-order valence-corrected chi connectivity index (χ1v) is 9.09. The summed E-state index contributed by atoms with van der Waals surface area (Å²) in [4.78, 5) is 12.7. The van der Waals surface area contributed by atoms with Crippen molar-refractivity contribution in [2.45, 2.75) is 39.5 Å². The second-order valence-corrected chi connectivity index (χ2v) is 5.50. The molecule has 0 heterocycles. The summed E-state index contributed by atoms with van der Waals surface area (Å²) in [6, 6.07) is 0. The molecular weight excluding hydrogens is 326 g/mol. The van der Waals surface area contributed by atoms with Crippen LogP contribution in [0.2, 0.25) is 0 Å². The van der Waals surface area contributed by atoms with E-state index in [-0.39, 0.29) is 44.2 Å². The number of primary amides is 1. The molecule has 0 aliphatic heterocycles. The number of aliphatic hydroxyl groups is 4. The first-order chi connectivity index (χ1) is 12.1. The van der Waals surface area contributed by atoms with Crippen LogP contribution < -0.4 is 11.5 Å². The van der Waals surface area contributed by atoms with Gasteiger partial charge in [-0.15, -0.1) is 0 Å². The molecule has 0 aromatic carbocycles. The summed E-state index contributed by atoms with van der Waals surface area (Å²) >= 11 is 0. The number of carbonyl (C=O) groups is 1. The minimum atomic E-state index is -0.298. The molecule has 8 N–H and O–H groups in total. The molecule has 0 rings (SSSR count). The summed E-state index contributed by atoms with van der Waals surface area (Å²) in [6.45, 7) is 5.36. The molecule has 0 saturated heterocycles. The molecule has 0 aromatic heterocycles. The number of amides is 1. The molecule has 0 atom stereocenters. The average Bonchev–Trinajstić information content (AvgIpc) is 2.66. The van der Waals surface area contributed by atoms with E-state index in [1.165, 1.54) is 7.05 Å². The van der Waals surface area contributed by atoms with Crippen molar-refractivity contribution < 1.29 is 25.2 Å². The SMILES string of the molecule is CC.CN.NC(=O)CCCCCN(CC(CO)CO)CC(CO)CO. The normalized spacial score (nSPS) is 10.4. The summed E-state index contributed by atoms with van der Waals surface area (Å²) in [6.07, 6.45) is 2.85. The van der Waals surface area contributed by atoms with E-state index < -0.39 is 0 Å². The van der Waals surface area contributed by atoms with Gasteiger partial charge in [0, 0.05) is 57.8 Å². The molecule has 0 aliphatic carbocycles. The maximum Gasteiger partial charge on any atom is 0.217 e. The smallest absolute Gasteiger partial charge is 0.217 e. The second-order valence-electron chi connectivity index (χ2n) is 5.50. The van der Waals surface area contributed by atoms with Gasteiger partial charge in [-0.3, -0.25) is 4.79 Å². The molecule has 25 heavy (non-hydrogen) atoms. The van der Waals surface area contributed by atoms with Crippen LogP contribution in [-0.4, -0.2) is 84.3 Å². The zero-order chi connectivity index (χ0) is 20.1. The highest BCUT2D eigenvalue weighted by Crippen LogP contribution is 2.08. The zero-order valence-corrected chi connectivity index (χ0v) is 16.2. The van der Waals surface area contributed by atoms with E-state index in [1.54, 1.807) is 0 Å². The van der Waals surface area contributed by atoms with E-state index in [4.69, 9.17) is 26.2 Å². The Hall–Kier alpha value is -0.770. The summed E-state index contributed by atoms with van der Waals surface area (Å²) in [7, 11) is 1.50. The average molecular weight is 368 g/mol. The van der Waals surface area contributed by atoms with Gasteiger partial charge in [0.25, 0.3) is 0 Å². The Balaban J connectivity index is -0.00000112.